The third-order valence-electron chi connectivity index (χ3n) is 2.73. The minimum absolute atomic E-state index is 0.0609. The maximum atomic E-state index is 12.2. The van der Waals surface area contributed by atoms with E-state index < -0.39 is 0 Å². The first kappa shape index (κ1) is 14.6. The van der Waals surface area contributed by atoms with Crippen LogP contribution in [0.5, 0.6) is 0 Å². The summed E-state index contributed by atoms with van der Waals surface area (Å²) in [6.07, 6.45) is 2.99. The van der Waals surface area contributed by atoms with E-state index in [1.54, 1.807) is 23.1 Å². The normalized spacial score (nSPS) is 10.7. The summed E-state index contributed by atoms with van der Waals surface area (Å²) in [5.41, 5.74) is 2.17. The number of thiazole rings is 1. The molecule has 0 bridgehead atoms. The Morgan fingerprint density at radius 2 is 2.16 bits per heavy atom. The molecule has 0 radical (unpaired) electrons. The van der Waals surface area contributed by atoms with Crippen molar-refractivity contribution in [2.24, 2.45) is 0 Å². The summed E-state index contributed by atoms with van der Waals surface area (Å²) in [6, 6.07) is 1.95. The molecule has 2 rings (SSSR count). The van der Waals surface area contributed by atoms with Crippen molar-refractivity contribution in [2.45, 2.75) is 31.4 Å². The topological polar surface area (TPSA) is 42.0 Å². The Labute approximate surface area is 125 Å². The maximum absolute atomic E-state index is 12.2. The second-order valence-electron chi connectivity index (χ2n) is 4.12. The smallest absolute Gasteiger partial charge is 0.267 e. The van der Waals surface area contributed by atoms with Crippen LogP contribution >= 0.6 is 34.4 Å². The van der Waals surface area contributed by atoms with Gasteiger partial charge in [-0.2, -0.15) is 0 Å². The number of rotatable bonds is 4. The largest absolute Gasteiger partial charge is 0.297 e. The molecule has 0 aliphatic rings. The van der Waals surface area contributed by atoms with E-state index in [1.807, 2.05) is 26.2 Å². The van der Waals surface area contributed by atoms with Crippen molar-refractivity contribution in [3.8, 4) is 0 Å². The van der Waals surface area contributed by atoms with Crippen molar-refractivity contribution < 1.29 is 4.79 Å². The number of hydrogen-bond acceptors (Lipinski definition) is 5. The number of amides is 1. The van der Waals surface area contributed by atoms with Gasteiger partial charge in [-0.3, -0.25) is 10.1 Å². The SMILES string of the molecule is CCc1sc(C(=O)Nc2nc(C)c(SC)s2)cc1C. The summed E-state index contributed by atoms with van der Waals surface area (Å²) >= 11 is 4.74. The average molecular weight is 312 g/mol. The van der Waals surface area contributed by atoms with Crippen LogP contribution in [0, 0.1) is 13.8 Å². The van der Waals surface area contributed by atoms with Gasteiger partial charge in [-0.1, -0.05) is 18.3 Å². The van der Waals surface area contributed by atoms with E-state index in [2.05, 4.69) is 17.2 Å². The fraction of sp³-hybridized carbons (Fsp3) is 0.385. The molecule has 0 spiro atoms. The summed E-state index contributed by atoms with van der Waals surface area (Å²) in [7, 11) is 0. The van der Waals surface area contributed by atoms with Crippen LogP contribution in [-0.4, -0.2) is 17.1 Å². The highest BCUT2D eigenvalue weighted by molar-refractivity contribution is 8.00. The Kier molecular flexibility index (Phi) is 4.65. The fourth-order valence-electron chi connectivity index (χ4n) is 1.77. The lowest BCUT2D eigenvalue weighted by atomic mass is 10.2. The first-order chi connectivity index (χ1) is 9.05. The molecule has 0 aliphatic carbocycles. The van der Waals surface area contributed by atoms with Gasteiger partial charge < -0.3 is 0 Å². The van der Waals surface area contributed by atoms with Crippen LogP contribution in [0.4, 0.5) is 5.13 Å². The molecular weight excluding hydrogens is 296 g/mol. The zero-order chi connectivity index (χ0) is 14.0. The quantitative estimate of drug-likeness (QED) is 0.853. The number of aryl methyl sites for hydroxylation is 3. The number of hydrogen-bond donors (Lipinski definition) is 1. The van der Waals surface area contributed by atoms with E-state index in [4.69, 9.17) is 0 Å². The lowest BCUT2D eigenvalue weighted by Crippen LogP contribution is -2.09. The number of thioether (sulfide) groups is 1. The highest BCUT2D eigenvalue weighted by Crippen LogP contribution is 2.31. The highest BCUT2D eigenvalue weighted by Gasteiger charge is 2.14. The van der Waals surface area contributed by atoms with Gasteiger partial charge in [0.1, 0.15) is 0 Å². The minimum atomic E-state index is -0.0609. The van der Waals surface area contributed by atoms with Crippen molar-refractivity contribution in [1.29, 1.82) is 0 Å². The third-order valence-corrected chi connectivity index (χ3v) is 6.39. The Morgan fingerprint density at radius 1 is 1.42 bits per heavy atom. The van der Waals surface area contributed by atoms with Gasteiger partial charge in [0.25, 0.3) is 5.91 Å². The number of thiophene rings is 1. The fourth-order valence-corrected chi connectivity index (χ4v) is 4.38. The second kappa shape index (κ2) is 6.07. The van der Waals surface area contributed by atoms with Gasteiger partial charge in [-0.05, 0) is 38.2 Å². The lowest BCUT2D eigenvalue weighted by molar-refractivity contribution is 0.103. The molecule has 2 heterocycles. The molecule has 0 fully saturated rings. The van der Waals surface area contributed by atoms with Crippen LogP contribution in [0.3, 0.4) is 0 Å². The van der Waals surface area contributed by atoms with Crippen molar-refractivity contribution >= 4 is 45.5 Å². The van der Waals surface area contributed by atoms with Gasteiger partial charge >= 0.3 is 0 Å². The average Bonchev–Trinajstić information content (AvgIpc) is 2.92. The van der Waals surface area contributed by atoms with Crippen molar-refractivity contribution in [2.75, 3.05) is 11.6 Å². The molecule has 6 heteroatoms. The number of nitrogens with one attached hydrogen (secondary N) is 1. The first-order valence-electron chi connectivity index (χ1n) is 5.97. The Balaban J connectivity index is 2.15. The standard InChI is InChI=1S/C13H16N2OS3/c1-5-9-7(2)6-10(18-9)11(16)15-13-14-8(3)12(17-4)19-13/h6H,5H2,1-4H3,(H,14,15,16). The van der Waals surface area contributed by atoms with Crippen LogP contribution in [0.25, 0.3) is 0 Å². The number of aromatic nitrogens is 1. The predicted octanol–water partition coefficient (Wildman–Crippen LogP) is 4.36. The third kappa shape index (κ3) is 3.19. The molecule has 2 aromatic heterocycles. The summed E-state index contributed by atoms with van der Waals surface area (Å²) < 4.78 is 1.15. The maximum Gasteiger partial charge on any atom is 0.267 e. The van der Waals surface area contributed by atoms with E-state index >= 15 is 0 Å². The number of carbonyl (C=O) groups excluding carboxylic acids is 1. The summed E-state index contributed by atoms with van der Waals surface area (Å²) in [5, 5.41) is 3.56. The van der Waals surface area contributed by atoms with Crippen molar-refractivity contribution in [1.82, 2.24) is 4.98 Å². The molecule has 2 aromatic rings. The Morgan fingerprint density at radius 3 is 2.68 bits per heavy atom. The summed E-state index contributed by atoms with van der Waals surface area (Å²) in [6.45, 7) is 6.11. The summed E-state index contributed by atoms with van der Waals surface area (Å²) in [4.78, 5) is 18.6. The zero-order valence-corrected chi connectivity index (χ0v) is 13.8. The van der Waals surface area contributed by atoms with Gasteiger partial charge in [0.15, 0.2) is 5.13 Å². The monoisotopic (exact) mass is 312 g/mol. The molecule has 19 heavy (non-hydrogen) atoms. The Hall–Kier alpha value is -0.850. The molecule has 1 amide bonds. The van der Waals surface area contributed by atoms with E-state index in [-0.39, 0.29) is 5.91 Å². The van der Waals surface area contributed by atoms with Crippen molar-refractivity contribution in [3.05, 3.63) is 27.1 Å². The lowest BCUT2D eigenvalue weighted by Gasteiger charge is -1.97. The van der Waals surface area contributed by atoms with Crippen LogP contribution in [-0.2, 0) is 6.42 Å². The molecular formula is C13H16N2OS3. The molecule has 0 saturated heterocycles. The van der Waals surface area contributed by atoms with Gasteiger partial charge in [-0.25, -0.2) is 4.98 Å². The zero-order valence-electron chi connectivity index (χ0n) is 11.4. The second-order valence-corrected chi connectivity index (χ2v) is 7.33. The highest BCUT2D eigenvalue weighted by atomic mass is 32.2. The molecule has 0 aromatic carbocycles. The van der Waals surface area contributed by atoms with Crippen LogP contribution in [0.2, 0.25) is 0 Å². The molecule has 0 unspecified atom stereocenters. The first-order valence-corrected chi connectivity index (χ1v) is 8.83. The molecule has 3 nitrogen and oxygen atoms in total. The predicted molar refractivity (Wildman–Crippen MR) is 85.0 cm³/mol. The van der Waals surface area contributed by atoms with Crippen molar-refractivity contribution in [3.63, 3.8) is 0 Å². The van der Waals surface area contributed by atoms with E-state index in [0.717, 1.165) is 21.2 Å². The number of anilines is 1. The van der Waals surface area contributed by atoms with E-state index in [9.17, 15) is 4.79 Å². The van der Waals surface area contributed by atoms with Gasteiger partial charge in [0, 0.05) is 4.88 Å². The van der Waals surface area contributed by atoms with Crippen LogP contribution in [0.15, 0.2) is 10.3 Å². The summed E-state index contributed by atoms with van der Waals surface area (Å²) in [5.74, 6) is -0.0609. The molecule has 102 valence electrons. The molecule has 0 aliphatic heterocycles. The number of nitrogens with zero attached hydrogens (tertiary/aromatic N) is 1. The minimum Gasteiger partial charge on any atom is -0.297 e. The number of carbonyl (C=O) groups is 1. The van der Waals surface area contributed by atoms with E-state index in [0.29, 0.717) is 5.13 Å². The molecule has 0 saturated carbocycles. The van der Waals surface area contributed by atoms with Crippen LogP contribution < -0.4 is 5.32 Å². The van der Waals surface area contributed by atoms with E-state index in [1.165, 1.54) is 21.8 Å². The molecule has 1 N–H and O–H groups in total. The van der Waals surface area contributed by atoms with Gasteiger partial charge in [0.05, 0.1) is 14.8 Å². The van der Waals surface area contributed by atoms with Gasteiger partial charge in [0.2, 0.25) is 0 Å². The Bertz CT molecular complexity index is 601. The molecule has 0 atom stereocenters. The van der Waals surface area contributed by atoms with Gasteiger partial charge in [-0.15, -0.1) is 23.1 Å². The van der Waals surface area contributed by atoms with Crippen LogP contribution in [0.1, 0.15) is 32.7 Å².